The molecule has 0 N–H and O–H groups in total. The minimum absolute atomic E-state index is 0.363. The van der Waals surface area contributed by atoms with Gasteiger partial charge >= 0.3 is 0 Å². The minimum atomic E-state index is 0.363. The maximum Gasteiger partial charge on any atom is 0.191 e. The molecule has 4 rings (SSSR count). The number of nitrogens with zero attached hydrogens (tertiary/aromatic N) is 3. The molecule has 6 heteroatoms. The predicted octanol–water partition coefficient (Wildman–Crippen LogP) is 5.36. The Balaban J connectivity index is 1.33. The molecule has 5 nitrogen and oxygen atoms in total. The minimum Gasteiger partial charge on any atom is -0.497 e. The Bertz CT molecular complexity index is 1080. The summed E-state index contributed by atoms with van der Waals surface area (Å²) in [6.07, 6.45) is 0. The normalized spacial score (nSPS) is 10.7. The summed E-state index contributed by atoms with van der Waals surface area (Å²) in [5.41, 5.74) is 3.70. The Kier molecular flexibility index (Phi) is 6.35. The molecule has 0 aliphatic carbocycles. The average molecular weight is 418 g/mol. The molecular formula is C24H23N3O2S. The number of hydrogen-bond acceptors (Lipinski definition) is 5. The number of benzene rings is 3. The van der Waals surface area contributed by atoms with Gasteiger partial charge in [0, 0.05) is 12.8 Å². The first-order valence-electron chi connectivity index (χ1n) is 9.65. The van der Waals surface area contributed by atoms with Crippen molar-refractivity contribution < 1.29 is 9.47 Å². The van der Waals surface area contributed by atoms with E-state index in [1.807, 2.05) is 41.9 Å². The molecule has 0 spiro atoms. The second-order valence-corrected chi connectivity index (χ2v) is 7.72. The summed E-state index contributed by atoms with van der Waals surface area (Å²) in [5, 5.41) is 9.46. The Morgan fingerprint density at radius 2 is 1.47 bits per heavy atom. The molecule has 0 aliphatic rings. The number of hydrogen-bond donors (Lipinski definition) is 0. The van der Waals surface area contributed by atoms with Gasteiger partial charge < -0.3 is 14.0 Å². The molecule has 0 fully saturated rings. The van der Waals surface area contributed by atoms with Gasteiger partial charge in [0.15, 0.2) is 11.0 Å². The molecule has 3 aromatic carbocycles. The summed E-state index contributed by atoms with van der Waals surface area (Å²) in [4.78, 5) is 0. The lowest BCUT2D eigenvalue weighted by Crippen LogP contribution is -2.04. The third-order valence-electron chi connectivity index (χ3n) is 4.78. The first-order chi connectivity index (χ1) is 14.7. The molecule has 1 heterocycles. The van der Waals surface area contributed by atoms with Crippen LogP contribution in [-0.4, -0.2) is 21.9 Å². The average Bonchev–Trinajstić information content (AvgIpc) is 3.17. The molecule has 4 aromatic rings. The van der Waals surface area contributed by atoms with Gasteiger partial charge in [-0.05, 0) is 41.0 Å². The van der Waals surface area contributed by atoms with Gasteiger partial charge in [0.1, 0.15) is 18.1 Å². The van der Waals surface area contributed by atoms with Gasteiger partial charge in [-0.15, -0.1) is 10.2 Å². The summed E-state index contributed by atoms with van der Waals surface area (Å²) in [5.74, 6) is 3.19. The van der Waals surface area contributed by atoms with Crippen LogP contribution in [0.25, 0.3) is 11.1 Å². The lowest BCUT2D eigenvalue weighted by Gasteiger charge is -2.07. The number of methoxy groups -OCH3 is 1. The van der Waals surface area contributed by atoms with Gasteiger partial charge in [-0.25, -0.2) is 0 Å². The van der Waals surface area contributed by atoms with Crippen LogP contribution >= 0.6 is 11.8 Å². The lowest BCUT2D eigenvalue weighted by molar-refractivity contribution is 0.290. The Morgan fingerprint density at radius 3 is 2.17 bits per heavy atom. The van der Waals surface area contributed by atoms with Crippen LogP contribution in [0.1, 0.15) is 11.4 Å². The first kappa shape index (κ1) is 20.0. The predicted molar refractivity (Wildman–Crippen MR) is 120 cm³/mol. The molecule has 0 saturated carbocycles. The summed E-state index contributed by atoms with van der Waals surface area (Å²) in [6, 6.07) is 26.6. The van der Waals surface area contributed by atoms with E-state index in [-0.39, 0.29) is 0 Å². The van der Waals surface area contributed by atoms with E-state index in [0.29, 0.717) is 6.61 Å². The van der Waals surface area contributed by atoms with Gasteiger partial charge in [-0.1, -0.05) is 66.4 Å². The highest BCUT2D eigenvalue weighted by Crippen LogP contribution is 2.25. The highest BCUT2D eigenvalue weighted by molar-refractivity contribution is 7.98. The largest absolute Gasteiger partial charge is 0.497 e. The van der Waals surface area contributed by atoms with Crippen molar-refractivity contribution >= 4 is 11.8 Å². The van der Waals surface area contributed by atoms with Crippen molar-refractivity contribution in [3.8, 4) is 22.6 Å². The van der Waals surface area contributed by atoms with Crippen LogP contribution in [0.2, 0.25) is 0 Å². The Morgan fingerprint density at radius 1 is 0.800 bits per heavy atom. The molecule has 0 bridgehead atoms. The van der Waals surface area contributed by atoms with Crippen LogP contribution in [0.15, 0.2) is 84.0 Å². The van der Waals surface area contributed by atoms with Crippen molar-refractivity contribution in [3.63, 3.8) is 0 Å². The molecular weight excluding hydrogens is 394 g/mol. The second kappa shape index (κ2) is 9.50. The van der Waals surface area contributed by atoms with E-state index in [9.17, 15) is 0 Å². The van der Waals surface area contributed by atoms with Crippen LogP contribution < -0.4 is 9.47 Å². The van der Waals surface area contributed by atoms with E-state index in [2.05, 4.69) is 58.7 Å². The summed E-state index contributed by atoms with van der Waals surface area (Å²) < 4.78 is 13.0. The Labute approximate surface area is 180 Å². The monoisotopic (exact) mass is 417 g/mol. The summed E-state index contributed by atoms with van der Waals surface area (Å²) in [6.45, 7) is 0.363. The number of ether oxygens (including phenoxy) is 2. The van der Waals surface area contributed by atoms with Crippen LogP contribution in [0.4, 0.5) is 0 Å². The van der Waals surface area contributed by atoms with Crippen LogP contribution in [-0.2, 0) is 19.4 Å². The molecule has 0 atom stereocenters. The van der Waals surface area contributed by atoms with E-state index in [4.69, 9.17) is 9.47 Å². The van der Waals surface area contributed by atoms with Crippen molar-refractivity contribution in [1.82, 2.24) is 14.8 Å². The topological polar surface area (TPSA) is 49.2 Å². The third kappa shape index (κ3) is 4.83. The van der Waals surface area contributed by atoms with Gasteiger partial charge in [0.2, 0.25) is 0 Å². The Hall–Kier alpha value is -3.25. The molecule has 0 saturated heterocycles. The third-order valence-corrected chi connectivity index (χ3v) is 5.87. The zero-order chi connectivity index (χ0) is 20.8. The van der Waals surface area contributed by atoms with Crippen molar-refractivity contribution in [2.24, 2.45) is 7.05 Å². The quantitative estimate of drug-likeness (QED) is 0.361. The second-order valence-electron chi connectivity index (χ2n) is 6.77. The van der Waals surface area contributed by atoms with Crippen molar-refractivity contribution in [3.05, 3.63) is 90.3 Å². The van der Waals surface area contributed by atoms with Crippen molar-refractivity contribution in [2.45, 2.75) is 17.5 Å². The zero-order valence-electron chi connectivity index (χ0n) is 17.0. The smallest absolute Gasteiger partial charge is 0.191 e. The maximum atomic E-state index is 5.82. The standard InChI is InChI=1S/C24H23N3O2S/c1-27-23(16-29-22-14-12-21(28-2)13-15-22)25-26-24(27)30-17-18-8-10-20(11-9-18)19-6-4-3-5-7-19/h3-15H,16-17H2,1-2H3. The fraction of sp³-hybridized carbons (Fsp3) is 0.167. The lowest BCUT2D eigenvalue weighted by atomic mass is 10.0. The van der Waals surface area contributed by atoms with Crippen molar-refractivity contribution in [2.75, 3.05) is 7.11 Å². The highest BCUT2D eigenvalue weighted by Gasteiger charge is 2.10. The SMILES string of the molecule is COc1ccc(OCc2nnc(SCc3ccc(-c4ccccc4)cc3)n2C)cc1. The van der Waals surface area contributed by atoms with E-state index in [1.165, 1.54) is 16.7 Å². The van der Waals surface area contributed by atoms with Gasteiger partial charge in [-0.3, -0.25) is 0 Å². The van der Waals surface area contributed by atoms with E-state index in [1.54, 1.807) is 18.9 Å². The van der Waals surface area contributed by atoms with Gasteiger partial charge in [0.05, 0.1) is 7.11 Å². The fourth-order valence-corrected chi connectivity index (χ4v) is 3.87. The summed E-state index contributed by atoms with van der Waals surface area (Å²) in [7, 11) is 3.61. The molecule has 0 amide bonds. The van der Waals surface area contributed by atoms with Crippen molar-refractivity contribution in [1.29, 1.82) is 0 Å². The molecule has 0 radical (unpaired) electrons. The fourth-order valence-electron chi connectivity index (χ4n) is 2.99. The summed E-state index contributed by atoms with van der Waals surface area (Å²) >= 11 is 1.67. The molecule has 0 aliphatic heterocycles. The number of aromatic nitrogens is 3. The van der Waals surface area contributed by atoms with E-state index >= 15 is 0 Å². The first-order valence-corrected chi connectivity index (χ1v) is 10.6. The molecule has 0 unspecified atom stereocenters. The highest BCUT2D eigenvalue weighted by atomic mass is 32.2. The van der Waals surface area contributed by atoms with Crippen LogP contribution in [0.3, 0.4) is 0 Å². The van der Waals surface area contributed by atoms with Gasteiger partial charge in [-0.2, -0.15) is 0 Å². The van der Waals surface area contributed by atoms with E-state index < -0.39 is 0 Å². The molecule has 30 heavy (non-hydrogen) atoms. The zero-order valence-corrected chi connectivity index (χ0v) is 17.8. The van der Waals surface area contributed by atoms with E-state index in [0.717, 1.165) is 28.2 Å². The van der Waals surface area contributed by atoms with Crippen LogP contribution in [0, 0.1) is 0 Å². The molecule has 1 aromatic heterocycles. The number of rotatable bonds is 8. The van der Waals surface area contributed by atoms with Crippen LogP contribution in [0.5, 0.6) is 11.5 Å². The van der Waals surface area contributed by atoms with Gasteiger partial charge in [0.25, 0.3) is 0 Å². The maximum absolute atomic E-state index is 5.82. The number of thioether (sulfide) groups is 1. The molecule has 152 valence electrons.